The number of ether oxygens (including phenoxy) is 3. The molecule has 2 rings (SSSR count). The van der Waals surface area contributed by atoms with Gasteiger partial charge in [0.05, 0.1) is 18.8 Å². The third-order valence-corrected chi connectivity index (χ3v) is 2.92. The van der Waals surface area contributed by atoms with Crippen molar-refractivity contribution >= 4 is 5.97 Å². The van der Waals surface area contributed by atoms with Crippen molar-refractivity contribution in [2.24, 2.45) is 0 Å². The van der Waals surface area contributed by atoms with Gasteiger partial charge in [-0.2, -0.15) is 0 Å². The molecule has 1 aliphatic heterocycles. The first kappa shape index (κ1) is 12.5. The van der Waals surface area contributed by atoms with Crippen molar-refractivity contribution in [1.29, 1.82) is 0 Å². The summed E-state index contributed by atoms with van der Waals surface area (Å²) in [7, 11) is 0. The lowest BCUT2D eigenvalue weighted by molar-refractivity contribution is -0.151. The summed E-state index contributed by atoms with van der Waals surface area (Å²) in [6.07, 6.45) is 0.568. The average molecular weight is 242 g/mol. The standard InChI is InChI=1S/C12H18O5/c1-4-15-10(14)5-7-8(13)6-9-11(7)17-12(2,3)16-9/h5,8-9,11,13H,4,6H2,1-3H3/t8-,9-,11+/m1/s1. The lowest BCUT2D eigenvalue weighted by Crippen LogP contribution is -2.25. The van der Waals surface area contributed by atoms with Crippen LogP contribution in [0.15, 0.2) is 11.6 Å². The van der Waals surface area contributed by atoms with E-state index < -0.39 is 17.9 Å². The molecule has 3 atom stereocenters. The molecule has 0 amide bonds. The monoisotopic (exact) mass is 242 g/mol. The molecule has 0 aromatic heterocycles. The van der Waals surface area contributed by atoms with Crippen molar-refractivity contribution in [1.82, 2.24) is 0 Å². The molecule has 0 radical (unpaired) electrons. The number of aliphatic hydroxyl groups is 1. The van der Waals surface area contributed by atoms with Crippen LogP contribution < -0.4 is 0 Å². The highest BCUT2D eigenvalue weighted by atomic mass is 16.8. The molecular weight excluding hydrogens is 224 g/mol. The molecule has 0 aromatic carbocycles. The van der Waals surface area contributed by atoms with Gasteiger partial charge in [0.2, 0.25) is 0 Å². The second-order valence-corrected chi connectivity index (χ2v) is 4.74. The molecule has 5 heteroatoms. The fraction of sp³-hybridized carbons (Fsp3) is 0.750. The van der Waals surface area contributed by atoms with E-state index in [1.165, 1.54) is 6.08 Å². The van der Waals surface area contributed by atoms with Crippen LogP contribution in [0, 0.1) is 0 Å². The lowest BCUT2D eigenvalue weighted by Gasteiger charge is -2.20. The lowest BCUT2D eigenvalue weighted by atomic mass is 10.1. The van der Waals surface area contributed by atoms with Crippen molar-refractivity contribution in [2.45, 2.75) is 51.3 Å². The van der Waals surface area contributed by atoms with E-state index in [-0.39, 0.29) is 12.2 Å². The van der Waals surface area contributed by atoms with Gasteiger partial charge in [0.1, 0.15) is 6.10 Å². The summed E-state index contributed by atoms with van der Waals surface area (Å²) in [5.41, 5.74) is 0.555. The predicted octanol–water partition coefficient (Wildman–Crippen LogP) is 0.761. The summed E-state index contributed by atoms with van der Waals surface area (Å²) in [6, 6.07) is 0. The highest BCUT2D eigenvalue weighted by molar-refractivity contribution is 5.83. The third-order valence-electron chi connectivity index (χ3n) is 2.92. The molecule has 0 bridgehead atoms. The Morgan fingerprint density at radius 1 is 1.59 bits per heavy atom. The minimum absolute atomic E-state index is 0.180. The van der Waals surface area contributed by atoms with Gasteiger partial charge in [0.15, 0.2) is 5.79 Å². The largest absolute Gasteiger partial charge is 0.463 e. The number of esters is 1. The van der Waals surface area contributed by atoms with E-state index >= 15 is 0 Å². The molecule has 1 N–H and O–H groups in total. The minimum atomic E-state index is -0.689. The first-order valence-corrected chi connectivity index (χ1v) is 5.85. The van der Waals surface area contributed by atoms with E-state index in [0.29, 0.717) is 18.6 Å². The number of rotatable bonds is 2. The molecule has 1 aliphatic carbocycles. The Morgan fingerprint density at radius 3 is 2.94 bits per heavy atom. The van der Waals surface area contributed by atoms with Crippen LogP contribution in [0.1, 0.15) is 27.2 Å². The molecule has 2 fully saturated rings. The molecule has 1 saturated carbocycles. The number of hydrogen-bond acceptors (Lipinski definition) is 5. The van der Waals surface area contributed by atoms with Crippen LogP contribution in [0.25, 0.3) is 0 Å². The summed E-state index contributed by atoms with van der Waals surface area (Å²) in [4.78, 5) is 11.4. The number of carbonyl (C=O) groups is 1. The van der Waals surface area contributed by atoms with Crippen LogP contribution >= 0.6 is 0 Å². The summed E-state index contributed by atoms with van der Waals surface area (Å²) in [5, 5.41) is 9.85. The van der Waals surface area contributed by atoms with Crippen molar-refractivity contribution in [2.75, 3.05) is 6.61 Å². The average Bonchev–Trinajstić information content (AvgIpc) is 2.62. The Morgan fingerprint density at radius 2 is 2.29 bits per heavy atom. The zero-order valence-corrected chi connectivity index (χ0v) is 10.3. The normalized spacial score (nSPS) is 37.2. The molecule has 1 saturated heterocycles. The smallest absolute Gasteiger partial charge is 0.330 e. The SMILES string of the molecule is CCOC(=O)C=C1[C@H](O)C[C@H]2OC(C)(C)O[C@@H]12. The van der Waals surface area contributed by atoms with E-state index in [9.17, 15) is 9.90 Å². The number of carbonyl (C=O) groups excluding carboxylic acids is 1. The van der Waals surface area contributed by atoms with Crippen LogP contribution in [0.4, 0.5) is 0 Å². The van der Waals surface area contributed by atoms with Crippen LogP contribution in [0.2, 0.25) is 0 Å². The zero-order valence-electron chi connectivity index (χ0n) is 10.3. The molecule has 1 heterocycles. The molecule has 2 aliphatic rings. The van der Waals surface area contributed by atoms with Gasteiger partial charge in [-0.25, -0.2) is 4.79 Å². The van der Waals surface area contributed by atoms with E-state index in [1.807, 2.05) is 13.8 Å². The Kier molecular flexibility index (Phi) is 3.25. The topological polar surface area (TPSA) is 65.0 Å². The Balaban J connectivity index is 2.14. The van der Waals surface area contributed by atoms with Crippen molar-refractivity contribution < 1.29 is 24.1 Å². The van der Waals surface area contributed by atoms with Crippen molar-refractivity contribution in [3.05, 3.63) is 11.6 Å². The maximum Gasteiger partial charge on any atom is 0.330 e. The second-order valence-electron chi connectivity index (χ2n) is 4.74. The van der Waals surface area contributed by atoms with Crippen LogP contribution in [0.5, 0.6) is 0 Å². The first-order valence-electron chi connectivity index (χ1n) is 5.85. The quantitative estimate of drug-likeness (QED) is 0.572. The molecule has 5 nitrogen and oxygen atoms in total. The fourth-order valence-electron chi connectivity index (χ4n) is 2.33. The highest BCUT2D eigenvalue weighted by Gasteiger charge is 2.50. The Hall–Kier alpha value is -0.910. The van der Waals surface area contributed by atoms with Crippen molar-refractivity contribution in [3.63, 3.8) is 0 Å². The number of fused-ring (bicyclic) bond motifs is 1. The van der Waals surface area contributed by atoms with Gasteiger partial charge in [-0.3, -0.25) is 0 Å². The number of aliphatic hydroxyl groups excluding tert-OH is 1. The molecular formula is C12H18O5. The van der Waals surface area contributed by atoms with Gasteiger partial charge in [-0.1, -0.05) is 0 Å². The zero-order chi connectivity index (χ0) is 12.6. The van der Waals surface area contributed by atoms with Crippen LogP contribution in [-0.2, 0) is 19.0 Å². The van der Waals surface area contributed by atoms with Crippen molar-refractivity contribution in [3.8, 4) is 0 Å². The van der Waals surface area contributed by atoms with Gasteiger partial charge in [-0.05, 0) is 26.3 Å². The first-order chi connectivity index (χ1) is 7.93. The minimum Gasteiger partial charge on any atom is -0.463 e. The maximum atomic E-state index is 11.4. The van der Waals surface area contributed by atoms with Gasteiger partial charge >= 0.3 is 5.97 Å². The van der Waals surface area contributed by atoms with Gasteiger partial charge in [0.25, 0.3) is 0 Å². The molecule has 0 unspecified atom stereocenters. The molecule has 0 aromatic rings. The van der Waals surface area contributed by atoms with E-state index in [0.717, 1.165) is 0 Å². The summed E-state index contributed by atoms with van der Waals surface area (Å²) in [5.74, 6) is -1.11. The number of hydrogen-bond donors (Lipinski definition) is 1. The van der Waals surface area contributed by atoms with E-state index in [4.69, 9.17) is 14.2 Å². The van der Waals surface area contributed by atoms with Gasteiger partial charge in [0, 0.05) is 12.5 Å². The molecule has 0 spiro atoms. The fourth-order valence-corrected chi connectivity index (χ4v) is 2.33. The van der Waals surface area contributed by atoms with Crippen LogP contribution in [-0.4, -0.2) is 41.8 Å². The highest BCUT2D eigenvalue weighted by Crippen LogP contribution is 2.41. The molecule has 96 valence electrons. The van der Waals surface area contributed by atoms with Gasteiger partial charge in [-0.15, -0.1) is 0 Å². The summed E-state index contributed by atoms with van der Waals surface area (Å²) < 4.78 is 16.1. The Labute approximate surface area is 100 Å². The van der Waals surface area contributed by atoms with E-state index in [1.54, 1.807) is 6.92 Å². The second kappa shape index (κ2) is 4.40. The summed E-state index contributed by atoms with van der Waals surface area (Å²) in [6.45, 7) is 5.69. The predicted molar refractivity (Wildman–Crippen MR) is 59.2 cm³/mol. The maximum absolute atomic E-state index is 11.4. The Bertz CT molecular complexity index is 347. The molecule has 17 heavy (non-hydrogen) atoms. The van der Waals surface area contributed by atoms with Gasteiger partial charge < -0.3 is 19.3 Å². The summed E-state index contributed by atoms with van der Waals surface area (Å²) >= 11 is 0. The third kappa shape index (κ3) is 2.51. The van der Waals surface area contributed by atoms with E-state index in [2.05, 4.69) is 0 Å². The van der Waals surface area contributed by atoms with Crippen LogP contribution in [0.3, 0.4) is 0 Å².